The second-order valence-corrected chi connectivity index (χ2v) is 10.0. The number of rotatable bonds is 11. The number of hydrogen-bond donors (Lipinski definition) is 1. The molecule has 2 heteroatoms. The highest BCUT2D eigenvalue weighted by molar-refractivity contribution is 5.79. The number of anilines is 2. The maximum absolute atomic E-state index is 4.47. The Bertz CT molecular complexity index is 1020. The van der Waals surface area contributed by atoms with E-state index in [0.717, 1.165) is 42.9 Å². The van der Waals surface area contributed by atoms with E-state index in [0.29, 0.717) is 0 Å². The zero-order valence-corrected chi connectivity index (χ0v) is 21.8. The Morgan fingerprint density at radius 2 is 1.55 bits per heavy atom. The van der Waals surface area contributed by atoms with Gasteiger partial charge in [-0.25, -0.2) is 0 Å². The lowest BCUT2D eigenvalue weighted by molar-refractivity contribution is 0.460. The van der Waals surface area contributed by atoms with Gasteiger partial charge in [0, 0.05) is 29.0 Å². The second-order valence-electron chi connectivity index (χ2n) is 10.0. The average molecular weight is 443 g/mol. The van der Waals surface area contributed by atoms with Crippen molar-refractivity contribution in [2.45, 2.75) is 73.1 Å². The molecule has 0 spiro atoms. The average Bonchev–Trinajstić information content (AvgIpc) is 2.71. The van der Waals surface area contributed by atoms with Crippen molar-refractivity contribution in [1.82, 2.24) is 0 Å². The van der Waals surface area contributed by atoms with E-state index < -0.39 is 0 Å². The number of hydrogen-bond acceptors (Lipinski definition) is 2. The van der Waals surface area contributed by atoms with E-state index in [1.54, 1.807) is 0 Å². The molecule has 33 heavy (non-hydrogen) atoms. The third-order valence-electron chi connectivity index (χ3n) is 5.99. The standard InChI is InChI=1S/C31H42N2/c1-22(2)20-31(9,21-23(3)4)29-13-10-14-30(26(29)8)33-28-17-15-27(16-18-28)25(7)12-11-19-32-24(5)6/h10,12-18,33H,1,3,11,19-21H2,2,4-9H3. The highest BCUT2D eigenvalue weighted by Gasteiger charge is 2.29. The summed E-state index contributed by atoms with van der Waals surface area (Å²) in [6.45, 7) is 24.3. The molecule has 0 aliphatic heterocycles. The van der Waals surface area contributed by atoms with Crippen molar-refractivity contribution in [3.63, 3.8) is 0 Å². The van der Waals surface area contributed by atoms with Crippen LogP contribution in [-0.4, -0.2) is 12.3 Å². The van der Waals surface area contributed by atoms with Crippen LogP contribution in [0.4, 0.5) is 11.4 Å². The first-order valence-electron chi connectivity index (χ1n) is 11.9. The second kappa shape index (κ2) is 11.8. The Balaban J connectivity index is 2.23. The van der Waals surface area contributed by atoms with Gasteiger partial charge in [-0.05, 0) is 101 Å². The topological polar surface area (TPSA) is 24.4 Å². The highest BCUT2D eigenvalue weighted by Crippen LogP contribution is 2.40. The summed E-state index contributed by atoms with van der Waals surface area (Å²) >= 11 is 0. The Morgan fingerprint density at radius 1 is 0.939 bits per heavy atom. The summed E-state index contributed by atoms with van der Waals surface area (Å²) in [5, 5.41) is 3.64. The van der Waals surface area contributed by atoms with E-state index >= 15 is 0 Å². The summed E-state index contributed by atoms with van der Waals surface area (Å²) in [5.74, 6) is 0. The minimum Gasteiger partial charge on any atom is -0.355 e. The van der Waals surface area contributed by atoms with Gasteiger partial charge in [0.05, 0.1) is 0 Å². The molecule has 2 aromatic rings. The summed E-state index contributed by atoms with van der Waals surface area (Å²) in [5.41, 5.74) is 11.0. The van der Waals surface area contributed by atoms with Gasteiger partial charge in [0.15, 0.2) is 0 Å². The van der Waals surface area contributed by atoms with Crippen molar-refractivity contribution < 1.29 is 0 Å². The Hall–Kier alpha value is -2.87. The molecular weight excluding hydrogens is 400 g/mol. The quantitative estimate of drug-likeness (QED) is 0.209. The first-order valence-corrected chi connectivity index (χ1v) is 11.9. The van der Waals surface area contributed by atoms with Gasteiger partial charge in [0.1, 0.15) is 0 Å². The molecule has 0 atom stereocenters. The van der Waals surface area contributed by atoms with Crippen LogP contribution in [0, 0.1) is 6.92 Å². The lowest BCUT2D eigenvalue weighted by Gasteiger charge is -2.33. The van der Waals surface area contributed by atoms with Crippen molar-refractivity contribution in [3.05, 3.63) is 89.5 Å². The minimum absolute atomic E-state index is 0.00837. The molecule has 0 saturated heterocycles. The molecule has 2 nitrogen and oxygen atoms in total. The monoisotopic (exact) mass is 442 g/mol. The first-order chi connectivity index (χ1) is 15.5. The van der Waals surface area contributed by atoms with Crippen LogP contribution in [-0.2, 0) is 5.41 Å². The lowest BCUT2D eigenvalue weighted by atomic mass is 9.72. The van der Waals surface area contributed by atoms with Crippen LogP contribution in [0.25, 0.3) is 5.57 Å². The van der Waals surface area contributed by atoms with Crippen molar-refractivity contribution >= 4 is 22.7 Å². The van der Waals surface area contributed by atoms with E-state index in [2.05, 4.69) is 107 Å². The lowest BCUT2D eigenvalue weighted by Crippen LogP contribution is -2.24. The molecule has 0 aliphatic rings. The molecule has 0 radical (unpaired) electrons. The zero-order valence-electron chi connectivity index (χ0n) is 21.8. The summed E-state index contributed by atoms with van der Waals surface area (Å²) in [7, 11) is 0. The normalized spacial score (nSPS) is 11.8. The van der Waals surface area contributed by atoms with Gasteiger partial charge in [-0.3, -0.25) is 4.99 Å². The van der Waals surface area contributed by atoms with E-state index in [9.17, 15) is 0 Å². The summed E-state index contributed by atoms with van der Waals surface area (Å²) in [6, 6.07) is 15.3. The molecular formula is C31H42N2. The van der Waals surface area contributed by atoms with Crippen LogP contribution in [0.15, 0.2) is 77.8 Å². The van der Waals surface area contributed by atoms with Crippen LogP contribution < -0.4 is 5.32 Å². The molecule has 2 aromatic carbocycles. The van der Waals surface area contributed by atoms with Gasteiger partial charge in [-0.2, -0.15) is 0 Å². The Morgan fingerprint density at radius 3 is 2.09 bits per heavy atom. The van der Waals surface area contributed by atoms with Crippen molar-refractivity contribution in [2.75, 3.05) is 11.9 Å². The molecule has 1 N–H and O–H groups in total. The van der Waals surface area contributed by atoms with Gasteiger partial charge in [-0.15, -0.1) is 13.2 Å². The smallest absolute Gasteiger partial charge is 0.0423 e. The van der Waals surface area contributed by atoms with E-state index in [1.807, 2.05) is 13.8 Å². The molecule has 0 fully saturated rings. The van der Waals surface area contributed by atoms with Crippen LogP contribution in [0.3, 0.4) is 0 Å². The Labute approximate surface area is 202 Å². The highest BCUT2D eigenvalue weighted by atomic mass is 14.9. The van der Waals surface area contributed by atoms with Gasteiger partial charge >= 0.3 is 0 Å². The summed E-state index contributed by atoms with van der Waals surface area (Å²) < 4.78 is 0. The van der Waals surface area contributed by atoms with Crippen molar-refractivity contribution in [1.29, 1.82) is 0 Å². The fourth-order valence-corrected chi connectivity index (χ4v) is 4.67. The maximum Gasteiger partial charge on any atom is 0.0423 e. The van der Waals surface area contributed by atoms with Crippen molar-refractivity contribution in [3.8, 4) is 0 Å². The molecule has 2 rings (SSSR count). The number of allylic oxidation sites excluding steroid dienone is 3. The molecule has 0 unspecified atom stereocenters. The van der Waals surface area contributed by atoms with E-state index in [1.165, 1.54) is 33.4 Å². The Kier molecular flexibility index (Phi) is 9.46. The maximum atomic E-state index is 4.47. The summed E-state index contributed by atoms with van der Waals surface area (Å²) in [6.07, 6.45) is 5.14. The van der Waals surface area contributed by atoms with Gasteiger partial charge in [-0.1, -0.05) is 48.4 Å². The fraction of sp³-hybridized carbons (Fsp3) is 0.387. The zero-order chi connectivity index (χ0) is 24.6. The third kappa shape index (κ3) is 7.89. The molecule has 176 valence electrons. The SMILES string of the molecule is C=C(C)CC(C)(CC(=C)C)c1cccc(Nc2ccc(C(C)=CCCN=C(C)C)cc2)c1C. The molecule has 0 amide bonds. The van der Waals surface area contributed by atoms with E-state index in [-0.39, 0.29) is 5.41 Å². The number of benzene rings is 2. The molecule has 0 saturated carbocycles. The van der Waals surface area contributed by atoms with Crippen LogP contribution in [0.2, 0.25) is 0 Å². The van der Waals surface area contributed by atoms with Crippen LogP contribution >= 0.6 is 0 Å². The third-order valence-corrected chi connectivity index (χ3v) is 5.99. The van der Waals surface area contributed by atoms with Gasteiger partial charge < -0.3 is 5.32 Å². The number of nitrogens with zero attached hydrogens (tertiary/aromatic N) is 1. The predicted molar refractivity (Wildman–Crippen MR) is 149 cm³/mol. The van der Waals surface area contributed by atoms with Crippen LogP contribution in [0.1, 0.15) is 77.5 Å². The molecule has 0 bridgehead atoms. The molecule has 0 heterocycles. The molecule has 0 aliphatic carbocycles. The van der Waals surface area contributed by atoms with Gasteiger partial charge in [0.25, 0.3) is 0 Å². The van der Waals surface area contributed by atoms with Crippen LogP contribution in [0.5, 0.6) is 0 Å². The number of aliphatic imine (C=N–C) groups is 1. The fourth-order valence-electron chi connectivity index (χ4n) is 4.67. The minimum atomic E-state index is -0.00837. The first kappa shape index (κ1) is 26.4. The number of nitrogens with one attached hydrogen (secondary N) is 1. The molecule has 0 aromatic heterocycles. The van der Waals surface area contributed by atoms with E-state index in [4.69, 9.17) is 0 Å². The van der Waals surface area contributed by atoms with Gasteiger partial charge in [0.2, 0.25) is 0 Å². The summed E-state index contributed by atoms with van der Waals surface area (Å²) in [4.78, 5) is 4.47. The van der Waals surface area contributed by atoms with Crippen molar-refractivity contribution in [2.24, 2.45) is 4.99 Å². The predicted octanol–water partition coefficient (Wildman–Crippen LogP) is 9.20. The largest absolute Gasteiger partial charge is 0.355 e.